The summed E-state index contributed by atoms with van der Waals surface area (Å²) in [4.78, 5) is 4.09. The zero-order valence-corrected chi connectivity index (χ0v) is 10.1. The minimum Gasteiger partial charge on any atom is -0.389 e. The van der Waals surface area contributed by atoms with Crippen LogP contribution >= 0.6 is 11.3 Å². The van der Waals surface area contributed by atoms with Crippen molar-refractivity contribution in [3.63, 3.8) is 0 Å². The summed E-state index contributed by atoms with van der Waals surface area (Å²) in [5, 5.41) is 4.75. The molecule has 0 spiro atoms. The molecule has 5 heteroatoms. The van der Waals surface area contributed by atoms with Crippen LogP contribution in [0.5, 0.6) is 0 Å². The van der Waals surface area contributed by atoms with Crippen LogP contribution in [0.15, 0.2) is 6.20 Å². The summed E-state index contributed by atoms with van der Waals surface area (Å²) in [6, 6.07) is 0. The summed E-state index contributed by atoms with van der Waals surface area (Å²) in [6.07, 6.45) is 2.77. The molecule has 0 saturated heterocycles. The van der Waals surface area contributed by atoms with Crippen LogP contribution in [0.2, 0.25) is 0 Å². The first kappa shape index (κ1) is 12.3. The predicted octanol–water partition coefficient (Wildman–Crippen LogP) is 2.20. The Bertz CT molecular complexity index is 275. The van der Waals surface area contributed by atoms with Crippen LogP contribution in [0.4, 0.5) is 10.1 Å². The van der Waals surface area contributed by atoms with Crippen LogP contribution < -0.4 is 11.1 Å². The molecule has 1 rings (SSSR count). The molecular formula is C10H19N3OS. The van der Waals surface area contributed by atoms with Crippen molar-refractivity contribution >= 4 is 21.5 Å². The van der Waals surface area contributed by atoms with Crippen molar-refractivity contribution in [3.05, 3.63) is 6.20 Å². The minimum absolute atomic E-state index is 0.705. The maximum Gasteiger partial charge on any atom is 0.184 e. The van der Waals surface area contributed by atoms with Crippen LogP contribution in [-0.4, -0.2) is 24.7 Å². The van der Waals surface area contributed by atoms with Gasteiger partial charge in [-0.3, -0.25) is 0 Å². The molecule has 1 aromatic heterocycles. The van der Waals surface area contributed by atoms with Gasteiger partial charge in [0.2, 0.25) is 0 Å². The van der Waals surface area contributed by atoms with Crippen molar-refractivity contribution in [2.75, 3.05) is 30.8 Å². The lowest BCUT2D eigenvalue weighted by molar-refractivity contribution is 0.132. The molecule has 1 heterocycles. The van der Waals surface area contributed by atoms with E-state index in [-0.39, 0.29) is 0 Å². The molecule has 0 amide bonds. The highest BCUT2D eigenvalue weighted by molar-refractivity contribution is 7.19. The maximum absolute atomic E-state index is 5.55. The number of ether oxygens (including phenoxy) is 1. The van der Waals surface area contributed by atoms with E-state index in [0.29, 0.717) is 12.5 Å². The van der Waals surface area contributed by atoms with Crippen LogP contribution in [0.25, 0.3) is 0 Å². The van der Waals surface area contributed by atoms with Gasteiger partial charge in [-0.2, -0.15) is 0 Å². The van der Waals surface area contributed by atoms with Crippen molar-refractivity contribution in [2.45, 2.75) is 20.3 Å². The number of aromatic nitrogens is 1. The Morgan fingerprint density at radius 3 is 2.93 bits per heavy atom. The van der Waals surface area contributed by atoms with E-state index in [1.165, 1.54) is 11.3 Å². The van der Waals surface area contributed by atoms with Gasteiger partial charge in [0.1, 0.15) is 5.00 Å². The molecule has 3 N–H and O–H groups in total. The fourth-order valence-corrected chi connectivity index (χ4v) is 1.63. The first-order valence-corrected chi connectivity index (χ1v) is 6.03. The maximum atomic E-state index is 5.55. The van der Waals surface area contributed by atoms with Gasteiger partial charge in [0, 0.05) is 13.2 Å². The van der Waals surface area contributed by atoms with Crippen LogP contribution in [0.3, 0.4) is 0 Å². The molecule has 0 aliphatic carbocycles. The second kappa shape index (κ2) is 6.63. The molecular weight excluding hydrogens is 210 g/mol. The fourth-order valence-electron chi connectivity index (χ4n) is 1.02. The highest BCUT2D eigenvalue weighted by Crippen LogP contribution is 2.18. The van der Waals surface area contributed by atoms with Gasteiger partial charge >= 0.3 is 0 Å². The largest absolute Gasteiger partial charge is 0.389 e. The third-order valence-electron chi connectivity index (χ3n) is 1.89. The minimum atomic E-state index is 0.705. The van der Waals surface area contributed by atoms with Crippen molar-refractivity contribution in [1.29, 1.82) is 0 Å². The molecule has 1 aromatic rings. The monoisotopic (exact) mass is 229 g/mol. The van der Waals surface area contributed by atoms with Gasteiger partial charge in [-0.05, 0) is 12.3 Å². The molecule has 0 bridgehead atoms. The number of hydrogen-bond donors (Lipinski definition) is 2. The number of nitrogens with zero attached hydrogens (tertiary/aromatic N) is 1. The number of nitrogens with two attached hydrogens (primary N) is 1. The van der Waals surface area contributed by atoms with Crippen LogP contribution in [-0.2, 0) is 4.74 Å². The molecule has 15 heavy (non-hydrogen) atoms. The van der Waals surface area contributed by atoms with Gasteiger partial charge in [0.05, 0.1) is 12.8 Å². The number of anilines is 2. The van der Waals surface area contributed by atoms with E-state index in [1.54, 1.807) is 6.20 Å². The zero-order valence-electron chi connectivity index (χ0n) is 9.32. The van der Waals surface area contributed by atoms with Crippen molar-refractivity contribution in [2.24, 2.45) is 5.92 Å². The Hall–Kier alpha value is -0.810. The second-order valence-corrected chi connectivity index (χ2v) is 4.85. The molecule has 0 atom stereocenters. The molecule has 0 unspecified atom stereocenters. The number of nitrogen functional groups attached to an aromatic ring is 1. The van der Waals surface area contributed by atoms with E-state index in [2.05, 4.69) is 24.1 Å². The van der Waals surface area contributed by atoms with E-state index in [4.69, 9.17) is 10.5 Å². The normalized spacial score (nSPS) is 10.9. The number of rotatable bonds is 7. The van der Waals surface area contributed by atoms with E-state index in [9.17, 15) is 0 Å². The lowest BCUT2D eigenvalue weighted by Gasteiger charge is -2.06. The molecule has 0 saturated carbocycles. The number of hydrogen-bond acceptors (Lipinski definition) is 5. The predicted molar refractivity (Wildman–Crippen MR) is 65.3 cm³/mol. The van der Waals surface area contributed by atoms with Gasteiger partial charge in [0.15, 0.2) is 5.13 Å². The third kappa shape index (κ3) is 5.59. The standard InChI is InChI=1S/C10H19N3OS/c1-8(2)3-5-14-6-4-12-10-13-7-9(11)15-10/h7-8H,3-6,11H2,1-2H3,(H,12,13). The van der Waals surface area contributed by atoms with Gasteiger partial charge in [0.25, 0.3) is 0 Å². The fraction of sp³-hybridized carbons (Fsp3) is 0.700. The van der Waals surface area contributed by atoms with E-state index >= 15 is 0 Å². The summed E-state index contributed by atoms with van der Waals surface area (Å²) in [5.41, 5.74) is 5.55. The molecule has 4 nitrogen and oxygen atoms in total. The van der Waals surface area contributed by atoms with E-state index in [0.717, 1.165) is 29.7 Å². The molecule has 0 aromatic carbocycles. The Kier molecular flexibility index (Phi) is 5.42. The summed E-state index contributed by atoms with van der Waals surface area (Å²) >= 11 is 1.46. The lowest BCUT2D eigenvalue weighted by Crippen LogP contribution is -2.10. The Morgan fingerprint density at radius 1 is 1.53 bits per heavy atom. The SMILES string of the molecule is CC(C)CCOCCNc1ncc(N)s1. The third-order valence-corrected chi connectivity index (χ3v) is 2.67. The second-order valence-electron chi connectivity index (χ2n) is 3.79. The zero-order chi connectivity index (χ0) is 11.1. The Balaban J connectivity index is 1.98. The summed E-state index contributed by atoms with van der Waals surface area (Å²) in [6.45, 7) is 6.72. The van der Waals surface area contributed by atoms with Gasteiger partial charge in [-0.25, -0.2) is 4.98 Å². The van der Waals surface area contributed by atoms with E-state index in [1.807, 2.05) is 0 Å². The lowest BCUT2D eigenvalue weighted by atomic mass is 10.1. The van der Waals surface area contributed by atoms with Crippen molar-refractivity contribution in [3.8, 4) is 0 Å². The molecule has 86 valence electrons. The van der Waals surface area contributed by atoms with Crippen molar-refractivity contribution in [1.82, 2.24) is 4.98 Å². The van der Waals surface area contributed by atoms with Crippen molar-refractivity contribution < 1.29 is 4.74 Å². The first-order valence-electron chi connectivity index (χ1n) is 5.21. The average molecular weight is 229 g/mol. The molecule has 0 aliphatic heterocycles. The Labute approximate surface area is 94.8 Å². The Morgan fingerprint density at radius 2 is 2.33 bits per heavy atom. The summed E-state index contributed by atoms with van der Waals surface area (Å²) < 4.78 is 5.46. The van der Waals surface area contributed by atoms with Crippen LogP contribution in [0.1, 0.15) is 20.3 Å². The summed E-state index contributed by atoms with van der Waals surface area (Å²) in [7, 11) is 0. The summed E-state index contributed by atoms with van der Waals surface area (Å²) in [5.74, 6) is 0.705. The van der Waals surface area contributed by atoms with Gasteiger partial charge in [-0.15, -0.1) is 0 Å². The molecule has 0 aliphatic rings. The highest BCUT2D eigenvalue weighted by atomic mass is 32.1. The number of nitrogens with one attached hydrogen (secondary N) is 1. The topological polar surface area (TPSA) is 60.2 Å². The van der Waals surface area contributed by atoms with E-state index < -0.39 is 0 Å². The first-order chi connectivity index (χ1) is 7.18. The smallest absolute Gasteiger partial charge is 0.184 e. The highest BCUT2D eigenvalue weighted by Gasteiger charge is 1.97. The average Bonchev–Trinajstić information content (AvgIpc) is 2.57. The van der Waals surface area contributed by atoms with Gasteiger partial charge in [-0.1, -0.05) is 25.2 Å². The quantitative estimate of drug-likeness (QED) is 0.704. The van der Waals surface area contributed by atoms with Crippen LogP contribution in [0, 0.1) is 5.92 Å². The molecule has 0 fully saturated rings. The number of thiazole rings is 1. The molecule has 0 radical (unpaired) electrons. The van der Waals surface area contributed by atoms with Gasteiger partial charge < -0.3 is 15.8 Å².